The Bertz CT molecular complexity index is 1500. The molecule has 2 heterocycles. The molecule has 0 aliphatic carbocycles. The number of methoxy groups -OCH3 is 1. The molecule has 4 rings (SSSR count). The number of sulfonamides is 1. The first kappa shape index (κ1) is 24.1. The maximum absolute atomic E-state index is 14.9. The number of halogens is 2. The lowest BCUT2D eigenvalue weighted by Gasteiger charge is -2.12. The van der Waals surface area contributed by atoms with Crippen LogP contribution in [0.25, 0.3) is 22.6 Å². The highest BCUT2D eigenvalue weighted by Crippen LogP contribution is 2.26. The maximum atomic E-state index is 14.9. The van der Waals surface area contributed by atoms with E-state index in [1.807, 2.05) is 16.9 Å². The molecule has 0 saturated heterocycles. The molecule has 9 nitrogen and oxygen atoms in total. The summed E-state index contributed by atoms with van der Waals surface area (Å²) < 4.78 is 60.4. The minimum absolute atomic E-state index is 0.156. The molecule has 2 aromatic carbocycles. The molecule has 0 aliphatic rings. The third-order valence-corrected chi connectivity index (χ3v) is 6.49. The lowest BCUT2D eigenvalue weighted by atomic mass is 10.1. The number of rotatable bonds is 8. The Morgan fingerprint density at radius 1 is 1.14 bits per heavy atom. The lowest BCUT2D eigenvalue weighted by molar-refractivity contribution is 0.101. The Morgan fingerprint density at radius 2 is 1.89 bits per heavy atom. The number of anilines is 2. The van der Waals surface area contributed by atoms with Gasteiger partial charge in [0.1, 0.15) is 23.0 Å². The van der Waals surface area contributed by atoms with Gasteiger partial charge in [-0.15, -0.1) is 0 Å². The van der Waals surface area contributed by atoms with Crippen molar-refractivity contribution in [2.45, 2.75) is 13.3 Å². The van der Waals surface area contributed by atoms with Crippen molar-refractivity contribution >= 4 is 38.5 Å². The highest BCUT2D eigenvalue weighted by molar-refractivity contribution is 7.92. The van der Waals surface area contributed by atoms with E-state index in [1.165, 1.54) is 12.3 Å². The summed E-state index contributed by atoms with van der Waals surface area (Å²) in [6.07, 6.45) is 1.59. The number of nitrogens with zero attached hydrogens (tertiary/aromatic N) is 2. The Morgan fingerprint density at radius 3 is 2.57 bits per heavy atom. The number of hydrogen-bond donors (Lipinski definition) is 3. The standard InChI is InChI=1S/C23H21F2N5O4S/c1-3-10-35(32,33)30-17-9-8-16(24)19(20(17)25)23(31)27-14-11-18-22(26-12-14)29-21(28-18)13-4-6-15(34-2)7-5-13/h4-9,11-12,30H,3,10H2,1-2H3,(H,27,31)(H,26,28,29). The van der Waals surface area contributed by atoms with Crippen molar-refractivity contribution in [1.82, 2.24) is 15.0 Å². The Hall–Kier alpha value is -4.06. The molecule has 35 heavy (non-hydrogen) atoms. The van der Waals surface area contributed by atoms with Gasteiger partial charge in [-0.1, -0.05) is 6.92 Å². The van der Waals surface area contributed by atoms with E-state index < -0.39 is 38.8 Å². The monoisotopic (exact) mass is 501 g/mol. The molecule has 0 spiro atoms. The van der Waals surface area contributed by atoms with Crippen molar-refractivity contribution in [3.05, 3.63) is 65.9 Å². The number of benzene rings is 2. The second kappa shape index (κ2) is 9.66. The van der Waals surface area contributed by atoms with E-state index in [0.29, 0.717) is 29.2 Å². The minimum atomic E-state index is -3.84. The number of nitrogens with one attached hydrogen (secondary N) is 3. The van der Waals surface area contributed by atoms with Crippen LogP contribution in [0, 0.1) is 11.6 Å². The number of ether oxygens (including phenoxy) is 1. The summed E-state index contributed by atoms with van der Waals surface area (Å²) in [5, 5.41) is 2.39. The van der Waals surface area contributed by atoms with Crippen molar-refractivity contribution < 1.29 is 26.7 Å². The third-order valence-electron chi connectivity index (χ3n) is 5.02. The summed E-state index contributed by atoms with van der Waals surface area (Å²) in [5.41, 5.74) is 0.347. The van der Waals surface area contributed by atoms with Crippen molar-refractivity contribution in [3.8, 4) is 17.1 Å². The predicted molar refractivity (Wildman–Crippen MR) is 128 cm³/mol. The molecule has 0 aliphatic heterocycles. The zero-order chi connectivity index (χ0) is 25.2. The SMILES string of the molecule is CCCS(=O)(=O)Nc1ccc(F)c(C(=O)Nc2cnc3nc(-c4ccc(OC)cc4)[nH]c3c2)c1F. The number of hydrogen-bond acceptors (Lipinski definition) is 6. The molecular weight excluding hydrogens is 480 g/mol. The van der Waals surface area contributed by atoms with Gasteiger partial charge in [0.25, 0.3) is 5.91 Å². The van der Waals surface area contributed by atoms with Gasteiger partial charge in [-0.3, -0.25) is 9.52 Å². The first-order valence-corrected chi connectivity index (χ1v) is 12.2. The van der Waals surface area contributed by atoms with Crippen molar-refractivity contribution in [1.29, 1.82) is 0 Å². The summed E-state index contributed by atoms with van der Waals surface area (Å²) in [5.74, 6) is -2.60. The Balaban J connectivity index is 1.59. The molecule has 0 unspecified atom stereocenters. The number of fused-ring (bicyclic) bond motifs is 1. The van der Waals surface area contributed by atoms with Crippen LogP contribution < -0.4 is 14.8 Å². The molecule has 3 N–H and O–H groups in total. The number of H-pyrrole nitrogens is 1. The molecule has 1 amide bonds. The minimum Gasteiger partial charge on any atom is -0.497 e. The average molecular weight is 502 g/mol. The molecule has 0 atom stereocenters. The van der Waals surface area contributed by atoms with Gasteiger partial charge in [-0.25, -0.2) is 27.2 Å². The molecule has 12 heteroatoms. The van der Waals surface area contributed by atoms with Crippen LogP contribution in [0.5, 0.6) is 5.75 Å². The van der Waals surface area contributed by atoms with Crippen molar-refractivity contribution in [2.75, 3.05) is 22.9 Å². The van der Waals surface area contributed by atoms with Crippen molar-refractivity contribution in [2.24, 2.45) is 0 Å². The maximum Gasteiger partial charge on any atom is 0.261 e. The van der Waals surface area contributed by atoms with Crippen LogP contribution >= 0.6 is 0 Å². The number of aromatic nitrogens is 3. The van der Waals surface area contributed by atoms with Crippen LogP contribution in [0.1, 0.15) is 23.7 Å². The normalized spacial score (nSPS) is 11.4. The van der Waals surface area contributed by atoms with Gasteiger partial charge in [0, 0.05) is 5.56 Å². The number of carbonyl (C=O) groups excluding carboxylic acids is 1. The quantitative estimate of drug-likeness (QED) is 0.330. The van der Waals surface area contributed by atoms with Gasteiger partial charge in [0.15, 0.2) is 11.5 Å². The second-order valence-electron chi connectivity index (χ2n) is 7.57. The van der Waals surface area contributed by atoms with E-state index in [1.54, 1.807) is 26.2 Å². The molecule has 0 saturated carbocycles. The molecular formula is C23H21F2N5O4S. The van der Waals surface area contributed by atoms with Crippen LogP contribution in [0.15, 0.2) is 48.7 Å². The predicted octanol–water partition coefficient (Wildman–Crippen LogP) is 4.32. The largest absolute Gasteiger partial charge is 0.497 e. The van der Waals surface area contributed by atoms with E-state index in [2.05, 4.69) is 20.3 Å². The number of carbonyl (C=O) groups is 1. The smallest absolute Gasteiger partial charge is 0.261 e. The van der Waals surface area contributed by atoms with Crippen LogP contribution in [0.4, 0.5) is 20.2 Å². The summed E-state index contributed by atoms with van der Waals surface area (Å²) in [6, 6.07) is 10.4. The van der Waals surface area contributed by atoms with Gasteiger partial charge in [0.05, 0.1) is 36.0 Å². The highest BCUT2D eigenvalue weighted by atomic mass is 32.2. The summed E-state index contributed by atoms with van der Waals surface area (Å²) in [6.45, 7) is 1.64. The zero-order valence-corrected chi connectivity index (χ0v) is 19.5. The second-order valence-corrected chi connectivity index (χ2v) is 9.41. The molecule has 0 fully saturated rings. The summed E-state index contributed by atoms with van der Waals surface area (Å²) >= 11 is 0. The number of imidazole rings is 1. The first-order chi connectivity index (χ1) is 16.7. The molecule has 0 radical (unpaired) electrons. The van der Waals surface area contributed by atoms with Gasteiger partial charge < -0.3 is 15.0 Å². The average Bonchev–Trinajstić information content (AvgIpc) is 3.24. The Labute approximate surface area is 199 Å². The number of amides is 1. The van der Waals surface area contributed by atoms with E-state index >= 15 is 0 Å². The molecule has 4 aromatic rings. The van der Waals surface area contributed by atoms with Crippen LogP contribution in [-0.2, 0) is 10.0 Å². The van der Waals surface area contributed by atoms with Crippen molar-refractivity contribution in [3.63, 3.8) is 0 Å². The topological polar surface area (TPSA) is 126 Å². The fourth-order valence-electron chi connectivity index (χ4n) is 3.37. The lowest BCUT2D eigenvalue weighted by Crippen LogP contribution is -2.20. The first-order valence-electron chi connectivity index (χ1n) is 10.5. The van der Waals surface area contributed by atoms with Gasteiger partial charge in [-0.2, -0.15) is 0 Å². The van der Waals surface area contributed by atoms with Gasteiger partial charge in [0.2, 0.25) is 10.0 Å². The third kappa shape index (κ3) is 5.22. The van der Waals surface area contributed by atoms with Gasteiger partial charge >= 0.3 is 0 Å². The summed E-state index contributed by atoms with van der Waals surface area (Å²) in [7, 11) is -2.28. The van der Waals surface area contributed by atoms with E-state index in [9.17, 15) is 22.0 Å². The van der Waals surface area contributed by atoms with Crippen LogP contribution in [0.3, 0.4) is 0 Å². The fraction of sp³-hybridized carbons (Fsp3) is 0.174. The highest BCUT2D eigenvalue weighted by Gasteiger charge is 2.23. The van der Waals surface area contributed by atoms with Crippen LogP contribution in [0.2, 0.25) is 0 Å². The molecule has 0 bridgehead atoms. The number of pyridine rings is 1. The molecule has 2 aromatic heterocycles. The molecule has 182 valence electrons. The Kier molecular flexibility index (Phi) is 6.65. The summed E-state index contributed by atoms with van der Waals surface area (Å²) in [4.78, 5) is 24.3. The van der Waals surface area contributed by atoms with E-state index in [4.69, 9.17) is 4.74 Å². The van der Waals surface area contributed by atoms with Gasteiger partial charge in [-0.05, 0) is 48.9 Å². The van der Waals surface area contributed by atoms with E-state index in [0.717, 1.165) is 17.7 Å². The fourth-order valence-corrected chi connectivity index (χ4v) is 4.51. The zero-order valence-electron chi connectivity index (χ0n) is 18.7. The van der Waals surface area contributed by atoms with Crippen LogP contribution in [-0.4, -0.2) is 42.1 Å². The number of aromatic amines is 1. The van der Waals surface area contributed by atoms with E-state index in [-0.39, 0.29) is 11.4 Å².